The average molecular weight is 407 g/mol. The lowest BCUT2D eigenvalue weighted by molar-refractivity contribution is 0.0937. The third kappa shape index (κ3) is 3.56. The standard InChI is InChI=1S/C22H22N4O2S/c1-15-6-4-10-25-12-16(23-20(15)25)14-29-22-24-19-9-3-2-8-18(19)21(27)26(22)13-17-7-5-11-28-17/h2-4,6,8-10,12,17H,5,7,11,13-14H2,1H3. The Kier molecular flexibility index (Phi) is 4.85. The summed E-state index contributed by atoms with van der Waals surface area (Å²) < 4.78 is 9.60. The molecule has 0 spiro atoms. The van der Waals surface area contributed by atoms with Crippen molar-refractivity contribution in [1.82, 2.24) is 18.9 Å². The molecule has 4 aromatic rings. The van der Waals surface area contributed by atoms with Gasteiger partial charge in [-0.2, -0.15) is 0 Å². The van der Waals surface area contributed by atoms with Crippen molar-refractivity contribution in [1.29, 1.82) is 0 Å². The van der Waals surface area contributed by atoms with Gasteiger partial charge in [-0.1, -0.05) is 30.0 Å². The smallest absolute Gasteiger partial charge is 0.262 e. The molecule has 0 amide bonds. The minimum Gasteiger partial charge on any atom is -0.376 e. The lowest BCUT2D eigenvalue weighted by Crippen LogP contribution is -2.28. The summed E-state index contributed by atoms with van der Waals surface area (Å²) >= 11 is 1.55. The van der Waals surface area contributed by atoms with Crippen LogP contribution in [0.2, 0.25) is 0 Å². The van der Waals surface area contributed by atoms with Gasteiger partial charge < -0.3 is 9.14 Å². The summed E-state index contributed by atoms with van der Waals surface area (Å²) in [6, 6.07) is 11.6. The zero-order valence-corrected chi connectivity index (χ0v) is 17.1. The number of fused-ring (bicyclic) bond motifs is 2. The summed E-state index contributed by atoms with van der Waals surface area (Å²) in [6.45, 7) is 3.37. The fourth-order valence-electron chi connectivity index (χ4n) is 3.82. The first-order valence-electron chi connectivity index (χ1n) is 9.86. The highest BCUT2D eigenvalue weighted by molar-refractivity contribution is 7.98. The lowest BCUT2D eigenvalue weighted by atomic mass is 10.2. The molecule has 0 aliphatic carbocycles. The van der Waals surface area contributed by atoms with Crippen LogP contribution in [0.1, 0.15) is 24.1 Å². The summed E-state index contributed by atoms with van der Waals surface area (Å²) in [5.74, 6) is 0.650. The summed E-state index contributed by atoms with van der Waals surface area (Å²) in [5, 5.41) is 1.37. The molecule has 1 atom stereocenters. The molecule has 3 aromatic heterocycles. The summed E-state index contributed by atoms with van der Waals surface area (Å²) in [6.07, 6.45) is 6.15. The van der Waals surface area contributed by atoms with Crippen molar-refractivity contribution in [2.45, 2.75) is 43.3 Å². The number of aryl methyl sites for hydroxylation is 1. The number of ether oxygens (including phenoxy) is 1. The molecule has 29 heavy (non-hydrogen) atoms. The van der Waals surface area contributed by atoms with Crippen molar-refractivity contribution < 1.29 is 4.74 Å². The Morgan fingerprint density at radius 3 is 2.93 bits per heavy atom. The van der Waals surface area contributed by atoms with Crippen LogP contribution in [0.5, 0.6) is 0 Å². The monoisotopic (exact) mass is 406 g/mol. The average Bonchev–Trinajstić information content (AvgIpc) is 3.39. The molecule has 0 bridgehead atoms. The van der Waals surface area contributed by atoms with Gasteiger partial charge >= 0.3 is 0 Å². The maximum atomic E-state index is 13.2. The second-order valence-electron chi connectivity index (χ2n) is 7.41. The molecule has 1 saturated heterocycles. The molecule has 1 aliphatic rings. The summed E-state index contributed by atoms with van der Waals surface area (Å²) in [5.41, 5.74) is 3.80. The SMILES string of the molecule is Cc1cccn2cc(CSc3nc4ccccc4c(=O)n3CC3CCCO3)nc12. The number of benzene rings is 1. The third-order valence-electron chi connectivity index (χ3n) is 5.31. The first kappa shape index (κ1) is 18.4. The third-order valence-corrected chi connectivity index (χ3v) is 6.32. The first-order valence-corrected chi connectivity index (χ1v) is 10.8. The Labute approximate surface area is 172 Å². The van der Waals surface area contributed by atoms with Gasteiger partial charge in [0.15, 0.2) is 5.16 Å². The predicted molar refractivity (Wildman–Crippen MR) is 114 cm³/mol. The van der Waals surface area contributed by atoms with Crippen molar-refractivity contribution >= 4 is 28.3 Å². The van der Waals surface area contributed by atoms with E-state index in [2.05, 4.69) is 13.0 Å². The number of hydrogen-bond acceptors (Lipinski definition) is 5. The number of nitrogens with zero attached hydrogens (tertiary/aromatic N) is 4. The first-order chi connectivity index (χ1) is 14.2. The number of rotatable bonds is 5. The summed E-state index contributed by atoms with van der Waals surface area (Å²) in [4.78, 5) is 22.7. The van der Waals surface area contributed by atoms with Gasteiger partial charge in [0.1, 0.15) is 5.65 Å². The van der Waals surface area contributed by atoms with E-state index in [-0.39, 0.29) is 11.7 Å². The van der Waals surface area contributed by atoms with E-state index in [1.54, 1.807) is 16.3 Å². The number of hydrogen-bond donors (Lipinski definition) is 0. The second kappa shape index (κ2) is 7.65. The normalized spacial score (nSPS) is 16.8. The number of imidazole rings is 1. The van der Waals surface area contributed by atoms with Gasteiger partial charge in [0.05, 0.1) is 29.2 Å². The molecule has 1 unspecified atom stereocenters. The highest BCUT2D eigenvalue weighted by atomic mass is 32.2. The van der Waals surface area contributed by atoms with Crippen LogP contribution < -0.4 is 5.56 Å². The minimum absolute atomic E-state index is 0.000513. The molecule has 148 valence electrons. The van der Waals surface area contributed by atoms with Crippen molar-refractivity contribution in [2.24, 2.45) is 0 Å². The molecule has 1 fully saturated rings. The molecule has 1 aromatic carbocycles. The van der Waals surface area contributed by atoms with E-state index >= 15 is 0 Å². The fraction of sp³-hybridized carbons (Fsp3) is 0.318. The minimum atomic E-state index is -0.000513. The quantitative estimate of drug-likeness (QED) is 0.372. The number of pyridine rings is 1. The Bertz CT molecular complexity index is 1240. The van der Waals surface area contributed by atoms with Crippen molar-refractivity contribution in [3.63, 3.8) is 0 Å². The molecular weight excluding hydrogens is 384 g/mol. The Balaban J connectivity index is 1.50. The molecule has 7 heteroatoms. The van der Waals surface area contributed by atoms with Crippen LogP contribution >= 0.6 is 11.8 Å². The zero-order chi connectivity index (χ0) is 19.8. The van der Waals surface area contributed by atoms with Crippen LogP contribution in [0, 0.1) is 6.92 Å². The van der Waals surface area contributed by atoms with Crippen LogP contribution in [0.4, 0.5) is 0 Å². The van der Waals surface area contributed by atoms with Crippen LogP contribution in [0.25, 0.3) is 16.6 Å². The molecule has 0 N–H and O–H groups in total. The van der Waals surface area contributed by atoms with Gasteiger partial charge in [-0.15, -0.1) is 0 Å². The van der Waals surface area contributed by atoms with E-state index in [4.69, 9.17) is 14.7 Å². The Morgan fingerprint density at radius 1 is 1.21 bits per heavy atom. The zero-order valence-electron chi connectivity index (χ0n) is 16.2. The largest absolute Gasteiger partial charge is 0.376 e. The maximum Gasteiger partial charge on any atom is 0.262 e. The van der Waals surface area contributed by atoms with Crippen molar-refractivity contribution in [2.75, 3.05) is 6.61 Å². The van der Waals surface area contributed by atoms with Gasteiger partial charge in [-0.05, 0) is 43.5 Å². The van der Waals surface area contributed by atoms with Crippen LogP contribution in [0.3, 0.4) is 0 Å². The van der Waals surface area contributed by atoms with Gasteiger partial charge in [-0.25, -0.2) is 9.97 Å². The van der Waals surface area contributed by atoms with E-state index in [1.807, 2.05) is 47.1 Å². The van der Waals surface area contributed by atoms with Crippen molar-refractivity contribution in [3.05, 3.63) is 70.4 Å². The second-order valence-corrected chi connectivity index (χ2v) is 8.35. The van der Waals surface area contributed by atoms with E-state index < -0.39 is 0 Å². The predicted octanol–water partition coefficient (Wildman–Crippen LogP) is 3.82. The molecule has 5 rings (SSSR count). The Hall–Kier alpha value is -2.64. The molecular formula is C22H22N4O2S. The Morgan fingerprint density at radius 2 is 2.10 bits per heavy atom. The number of thioether (sulfide) groups is 1. The van der Waals surface area contributed by atoms with E-state index in [0.29, 0.717) is 17.7 Å². The van der Waals surface area contributed by atoms with Gasteiger partial charge in [0, 0.05) is 24.8 Å². The lowest BCUT2D eigenvalue weighted by Gasteiger charge is -2.16. The van der Waals surface area contributed by atoms with Crippen LogP contribution in [-0.2, 0) is 17.0 Å². The number of para-hydroxylation sites is 1. The maximum absolute atomic E-state index is 13.2. The van der Waals surface area contributed by atoms with Gasteiger partial charge in [-0.3, -0.25) is 9.36 Å². The molecule has 0 saturated carbocycles. The van der Waals surface area contributed by atoms with Gasteiger partial charge in [0.25, 0.3) is 5.56 Å². The molecule has 6 nitrogen and oxygen atoms in total. The van der Waals surface area contributed by atoms with Crippen molar-refractivity contribution in [3.8, 4) is 0 Å². The molecule has 0 radical (unpaired) electrons. The fourth-order valence-corrected chi connectivity index (χ4v) is 4.72. The molecule has 4 heterocycles. The highest BCUT2D eigenvalue weighted by Gasteiger charge is 2.20. The van der Waals surface area contributed by atoms with E-state index in [1.165, 1.54) is 0 Å². The van der Waals surface area contributed by atoms with Gasteiger partial charge in [0.2, 0.25) is 0 Å². The summed E-state index contributed by atoms with van der Waals surface area (Å²) in [7, 11) is 0. The topological polar surface area (TPSA) is 61.4 Å². The number of aromatic nitrogens is 4. The highest BCUT2D eigenvalue weighted by Crippen LogP contribution is 2.24. The van der Waals surface area contributed by atoms with Crippen LogP contribution in [0.15, 0.2) is 58.7 Å². The van der Waals surface area contributed by atoms with E-state index in [9.17, 15) is 4.79 Å². The molecule has 1 aliphatic heterocycles. The van der Waals surface area contributed by atoms with Crippen LogP contribution in [-0.4, -0.2) is 31.6 Å². The van der Waals surface area contributed by atoms with E-state index in [0.717, 1.165) is 47.0 Å².